The van der Waals surface area contributed by atoms with Gasteiger partial charge >= 0.3 is 12.1 Å². The molecule has 6 nitrogen and oxygen atoms in total. The molecule has 32 heavy (non-hydrogen) atoms. The molecule has 0 saturated heterocycles. The van der Waals surface area contributed by atoms with Crippen molar-refractivity contribution in [2.24, 2.45) is 0 Å². The van der Waals surface area contributed by atoms with E-state index in [1.54, 1.807) is 6.07 Å². The molecule has 2 N–H and O–H groups in total. The fourth-order valence-corrected chi connectivity index (χ4v) is 5.21. The van der Waals surface area contributed by atoms with Gasteiger partial charge in [-0.2, -0.15) is 0 Å². The number of aromatic nitrogens is 1. The Morgan fingerprint density at radius 3 is 2.31 bits per heavy atom. The lowest BCUT2D eigenvalue weighted by atomic mass is 9.98. The van der Waals surface area contributed by atoms with Gasteiger partial charge in [0.05, 0.1) is 5.69 Å². The van der Waals surface area contributed by atoms with Crippen LogP contribution in [0.25, 0.3) is 21.3 Å². The van der Waals surface area contributed by atoms with Gasteiger partial charge in [0.25, 0.3) is 0 Å². The van der Waals surface area contributed by atoms with Crippen LogP contribution in [0.15, 0.2) is 60.7 Å². The number of hydrogen-bond donors (Lipinski definition) is 2. The van der Waals surface area contributed by atoms with Gasteiger partial charge in [-0.25, -0.2) is 14.6 Å². The van der Waals surface area contributed by atoms with Gasteiger partial charge in [-0.1, -0.05) is 55.5 Å². The number of aryl methyl sites for hydroxylation is 1. The Kier molecular flexibility index (Phi) is 5.11. The number of ether oxygens (including phenoxy) is 1. The molecule has 4 aromatic rings. The zero-order valence-electron chi connectivity index (χ0n) is 17.3. The number of amides is 1. The monoisotopic (exact) mass is 444 g/mol. The minimum Gasteiger partial charge on any atom is -0.477 e. The number of anilines is 1. The average Bonchev–Trinajstić information content (AvgIpc) is 3.33. The van der Waals surface area contributed by atoms with E-state index in [1.807, 2.05) is 49.4 Å². The first-order chi connectivity index (χ1) is 15.6. The molecule has 0 bridgehead atoms. The second kappa shape index (κ2) is 8.09. The molecule has 0 spiro atoms. The second-order valence-corrected chi connectivity index (χ2v) is 8.57. The van der Waals surface area contributed by atoms with Gasteiger partial charge in [0, 0.05) is 17.0 Å². The Balaban J connectivity index is 1.39. The number of nitrogens with one attached hydrogen (secondary N) is 1. The van der Waals surface area contributed by atoms with Crippen molar-refractivity contribution in [3.8, 4) is 11.1 Å². The second-order valence-electron chi connectivity index (χ2n) is 7.57. The maximum Gasteiger partial charge on any atom is 0.411 e. The van der Waals surface area contributed by atoms with Crippen molar-refractivity contribution in [2.75, 3.05) is 11.9 Å². The maximum absolute atomic E-state index is 12.7. The number of thiophene rings is 1. The van der Waals surface area contributed by atoms with E-state index in [0.717, 1.165) is 45.7 Å². The van der Waals surface area contributed by atoms with Crippen LogP contribution in [0.3, 0.4) is 0 Å². The summed E-state index contributed by atoms with van der Waals surface area (Å²) in [4.78, 5) is 29.6. The van der Waals surface area contributed by atoms with Crippen molar-refractivity contribution in [2.45, 2.75) is 19.3 Å². The average molecular weight is 445 g/mol. The van der Waals surface area contributed by atoms with Crippen molar-refractivity contribution >= 4 is 39.3 Å². The number of rotatable bonds is 5. The van der Waals surface area contributed by atoms with Crippen LogP contribution >= 0.6 is 11.3 Å². The van der Waals surface area contributed by atoms with Crippen molar-refractivity contribution < 1.29 is 19.4 Å². The van der Waals surface area contributed by atoms with Crippen molar-refractivity contribution in [3.05, 3.63) is 82.4 Å². The van der Waals surface area contributed by atoms with E-state index >= 15 is 0 Å². The number of carbonyl (C=O) groups excluding carboxylic acids is 1. The minimum absolute atomic E-state index is 0.0364. The van der Waals surface area contributed by atoms with Gasteiger partial charge in [0.1, 0.15) is 16.3 Å². The van der Waals surface area contributed by atoms with Gasteiger partial charge < -0.3 is 9.84 Å². The predicted octanol–water partition coefficient (Wildman–Crippen LogP) is 5.92. The number of carboxylic acids is 1. The predicted molar refractivity (Wildman–Crippen MR) is 125 cm³/mol. The van der Waals surface area contributed by atoms with E-state index in [-0.39, 0.29) is 23.1 Å². The summed E-state index contributed by atoms with van der Waals surface area (Å²) >= 11 is 1.05. The Labute approximate surface area is 188 Å². The Bertz CT molecular complexity index is 1320. The van der Waals surface area contributed by atoms with E-state index in [4.69, 9.17) is 4.74 Å². The molecule has 1 aliphatic carbocycles. The van der Waals surface area contributed by atoms with Crippen LogP contribution in [-0.2, 0) is 11.2 Å². The largest absolute Gasteiger partial charge is 0.477 e. The van der Waals surface area contributed by atoms with E-state index < -0.39 is 12.1 Å². The number of pyridine rings is 1. The van der Waals surface area contributed by atoms with E-state index in [9.17, 15) is 14.7 Å². The third-order valence-corrected chi connectivity index (χ3v) is 6.83. The zero-order valence-corrected chi connectivity index (χ0v) is 18.1. The molecule has 5 rings (SSSR count). The molecule has 1 amide bonds. The van der Waals surface area contributed by atoms with E-state index in [2.05, 4.69) is 22.4 Å². The smallest absolute Gasteiger partial charge is 0.411 e. The molecule has 2 aromatic carbocycles. The Hall–Kier alpha value is -3.71. The highest BCUT2D eigenvalue weighted by Gasteiger charge is 2.29. The highest BCUT2D eigenvalue weighted by atomic mass is 32.1. The molecule has 2 heterocycles. The Morgan fingerprint density at radius 1 is 1.03 bits per heavy atom. The maximum atomic E-state index is 12.7. The number of hydrogen-bond acceptors (Lipinski definition) is 5. The third-order valence-electron chi connectivity index (χ3n) is 5.74. The van der Waals surface area contributed by atoms with Crippen LogP contribution in [0.5, 0.6) is 0 Å². The molecule has 2 aromatic heterocycles. The SMILES string of the molecule is CCc1ccc2c(NC(=O)OCC3c4ccccc4-c4ccccc43)c(C(=O)O)sc2n1. The van der Waals surface area contributed by atoms with Crippen LogP contribution in [0.2, 0.25) is 0 Å². The van der Waals surface area contributed by atoms with E-state index in [1.165, 1.54) is 0 Å². The number of aromatic carboxylic acids is 1. The van der Waals surface area contributed by atoms with Gasteiger partial charge in [0.15, 0.2) is 0 Å². The summed E-state index contributed by atoms with van der Waals surface area (Å²) in [6.45, 7) is 2.14. The molecule has 1 aliphatic rings. The van der Waals surface area contributed by atoms with Crippen molar-refractivity contribution in [1.29, 1.82) is 0 Å². The summed E-state index contributed by atoms with van der Waals surface area (Å²) in [5.74, 6) is -1.18. The fourth-order valence-electron chi connectivity index (χ4n) is 4.22. The number of carboxylic acid groups (broad SMARTS) is 1. The normalized spacial score (nSPS) is 12.4. The lowest BCUT2D eigenvalue weighted by Gasteiger charge is -2.14. The third kappa shape index (κ3) is 3.40. The van der Waals surface area contributed by atoms with Gasteiger partial charge in [-0.05, 0) is 40.8 Å². The number of fused-ring (bicyclic) bond motifs is 4. The molecule has 0 saturated carbocycles. The van der Waals surface area contributed by atoms with Crippen LogP contribution in [-0.4, -0.2) is 28.8 Å². The molecule has 7 heteroatoms. The Morgan fingerprint density at radius 2 is 1.69 bits per heavy atom. The van der Waals surface area contributed by atoms with Crippen LogP contribution < -0.4 is 5.32 Å². The number of nitrogens with zero attached hydrogens (tertiary/aromatic N) is 1. The summed E-state index contributed by atoms with van der Waals surface area (Å²) in [6, 6.07) is 19.8. The lowest BCUT2D eigenvalue weighted by molar-refractivity contribution is 0.0703. The summed E-state index contributed by atoms with van der Waals surface area (Å²) in [5.41, 5.74) is 5.61. The summed E-state index contributed by atoms with van der Waals surface area (Å²) in [5, 5.41) is 12.9. The molecule has 0 atom stereocenters. The van der Waals surface area contributed by atoms with Gasteiger partial charge in [-0.15, -0.1) is 11.3 Å². The molecular formula is C25H20N2O4S. The van der Waals surface area contributed by atoms with Gasteiger partial charge in [-0.3, -0.25) is 5.32 Å². The highest BCUT2D eigenvalue weighted by molar-refractivity contribution is 7.21. The van der Waals surface area contributed by atoms with Crippen LogP contribution in [0, 0.1) is 0 Å². The van der Waals surface area contributed by atoms with E-state index in [0.29, 0.717) is 10.2 Å². The highest BCUT2D eigenvalue weighted by Crippen LogP contribution is 2.44. The minimum atomic E-state index is -1.11. The lowest BCUT2D eigenvalue weighted by Crippen LogP contribution is -2.18. The summed E-state index contributed by atoms with van der Waals surface area (Å²) in [7, 11) is 0. The molecule has 0 radical (unpaired) electrons. The van der Waals surface area contributed by atoms with Crippen LogP contribution in [0.4, 0.5) is 10.5 Å². The first-order valence-electron chi connectivity index (χ1n) is 10.3. The number of carbonyl (C=O) groups is 2. The standard InChI is InChI=1S/C25H20N2O4S/c1-2-14-11-12-19-21(22(24(28)29)32-23(19)26-14)27-25(30)31-13-20-17-9-5-3-7-15(17)16-8-4-6-10-18(16)20/h3-12,20H,2,13H2,1H3,(H,27,30)(H,28,29). The molecule has 0 aliphatic heterocycles. The topological polar surface area (TPSA) is 88.5 Å². The quantitative estimate of drug-likeness (QED) is 0.399. The van der Waals surface area contributed by atoms with Crippen LogP contribution in [0.1, 0.15) is 39.3 Å². The number of benzene rings is 2. The fraction of sp³-hybridized carbons (Fsp3) is 0.160. The van der Waals surface area contributed by atoms with Gasteiger partial charge in [0.2, 0.25) is 0 Å². The summed E-state index contributed by atoms with van der Waals surface area (Å²) in [6.07, 6.45) is 0.0550. The molecular weight excluding hydrogens is 424 g/mol. The molecule has 160 valence electrons. The summed E-state index contributed by atoms with van der Waals surface area (Å²) < 4.78 is 5.58. The first kappa shape index (κ1) is 20.2. The first-order valence-corrected chi connectivity index (χ1v) is 11.2. The zero-order chi connectivity index (χ0) is 22.2. The van der Waals surface area contributed by atoms with Crippen molar-refractivity contribution in [3.63, 3.8) is 0 Å². The van der Waals surface area contributed by atoms with Crippen molar-refractivity contribution in [1.82, 2.24) is 4.98 Å². The molecule has 0 unspecified atom stereocenters. The molecule has 0 fully saturated rings.